The summed E-state index contributed by atoms with van der Waals surface area (Å²) in [6.45, 7) is 6.37. The Bertz CT molecular complexity index is 244. The Labute approximate surface area is 85.8 Å². The van der Waals surface area contributed by atoms with Crippen LogP contribution in [0, 0.1) is 0 Å². The third-order valence-corrected chi connectivity index (χ3v) is 1.99. The second kappa shape index (κ2) is 5.78. The highest BCUT2D eigenvalue weighted by Gasteiger charge is 2.04. The quantitative estimate of drug-likeness (QED) is 0.670. The van der Waals surface area contributed by atoms with Gasteiger partial charge in [-0.25, -0.2) is 0 Å². The van der Waals surface area contributed by atoms with Crippen LogP contribution < -0.4 is 0 Å². The Morgan fingerprint density at radius 1 is 1.00 bits per heavy atom. The number of benzene rings is 1. The first kappa shape index (κ1) is 11.2. The summed E-state index contributed by atoms with van der Waals surface area (Å²) in [6, 6.07) is 10.1. The van der Waals surface area contributed by atoms with Gasteiger partial charge in [0.2, 0.25) is 0 Å². The zero-order chi connectivity index (χ0) is 10.4. The lowest BCUT2D eigenvalue weighted by molar-refractivity contribution is -0.106. The van der Waals surface area contributed by atoms with Gasteiger partial charge in [0.1, 0.15) is 6.79 Å². The van der Waals surface area contributed by atoms with Crippen LogP contribution in [0.4, 0.5) is 0 Å². The Balaban J connectivity index is 2.32. The van der Waals surface area contributed by atoms with E-state index >= 15 is 0 Å². The van der Waals surface area contributed by atoms with E-state index in [1.165, 1.54) is 5.56 Å². The molecule has 0 saturated carbocycles. The second-order valence-electron chi connectivity index (χ2n) is 3.55. The largest absolute Gasteiger partial charge is 0.353 e. The van der Waals surface area contributed by atoms with Crippen molar-refractivity contribution in [2.45, 2.75) is 33.0 Å². The molecule has 0 spiro atoms. The number of rotatable bonds is 5. The van der Waals surface area contributed by atoms with Crippen LogP contribution in [0.1, 0.15) is 32.4 Å². The molecule has 0 saturated heterocycles. The highest BCUT2D eigenvalue weighted by atomic mass is 16.7. The summed E-state index contributed by atoms with van der Waals surface area (Å²) in [5.41, 5.74) is 1.18. The molecule has 1 aromatic rings. The Hall–Kier alpha value is -0.860. The first-order valence-electron chi connectivity index (χ1n) is 4.98. The number of ether oxygens (including phenoxy) is 2. The van der Waals surface area contributed by atoms with Gasteiger partial charge >= 0.3 is 0 Å². The van der Waals surface area contributed by atoms with Gasteiger partial charge < -0.3 is 9.47 Å². The lowest BCUT2D eigenvalue weighted by atomic mass is 10.1. The van der Waals surface area contributed by atoms with E-state index in [9.17, 15) is 0 Å². The molecule has 0 aliphatic carbocycles. The van der Waals surface area contributed by atoms with Crippen LogP contribution in [0.25, 0.3) is 0 Å². The molecule has 0 aromatic heterocycles. The monoisotopic (exact) mass is 194 g/mol. The fourth-order valence-corrected chi connectivity index (χ4v) is 1.10. The molecule has 1 rings (SSSR count). The molecule has 14 heavy (non-hydrogen) atoms. The standard InChI is InChI=1S/C12H18O2/c1-10(2)13-9-14-11(3)12-7-5-4-6-8-12/h4-8,10-11H,9H2,1-3H3. The van der Waals surface area contributed by atoms with Crippen molar-refractivity contribution in [3.8, 4) is 0 Å². The topological polar surface area (TPSA) is 18.5 Å². The normalized spacial score (nSPS) is 13.1. The van der Waals surface area contributed by atoms with Crippen LogP contribution in [-0.2, 0) is 9.47 Å². The van der Waals surface area contributed by atoms with E-state index in [-0.39, 0.29) is 12.2 Å². The van der Waals surface area contributed by atoms with Crippen molar-refractivity contribution in [2.24, 2.45) is 0 Å². The van der Waals surface area contributed by atoms with Crippen LogP contribution in [0.15, 0.2) is 30.3 Å². The molecular formula is C12H18O2. The molecule has 0 N–H and O–H groups in total. The molecule has 0 bridgehead atoms. The van der Waals surface area contributed by atoms with Crippen molar-refractivity contribution in [3.63, 3.8) is 0 Å². The van der Waals surface area contributed by atoms with E-state index in [1.807, 2.05) is 39.0 Å². The number of hydrogen-bond donors (Lipinski definition) is 0. The molecule has 2 nitrogen and oxygen atoms in total. The SMILES string of the molecule is CC(C)OCOC(C)c1ccccc1. The van der Waals surface area contributed by atoms with Crippen LogP contribution in [0.3, 0.4) is 0 Å². The Morgan fingerprint density at radius 2 is 1.64 bits per heavy atom. The van der Waals surface area contributed by atoms with Crippen LogP contribution in [0.2, 0.25) is 0 Å². The van der Waals surface area contributed by atoms with Gasteiger partial charge in [0.15, 0.2) is 0 Å². The van der Waals surface area contributed by atoms with Gasteiger partial charge in [-0.05, 0) is 26.3 Å². The van der Waals surface area contributed by atoms with Gasteiger partial charge in [-0.15, -0.1) is 0 Å². The van der Waals surface area contributed by atoms with Gasteiger partial charge in [0, 0.05) is 0 Å². The first-order valence-corrected chi connectivity index (χ1v) is 4.98. The third-order valence-electron chi connectivity index (χ3n) is 1.99. The van der Waals surface area contributed by atoms with Crippen LogP contribution >= 0.6 is 0 Å². The summed E-state index contributed by atoms with van der Waals surface area (Å²) in [6.07, 6.45) is 0.313. The predicted octanol–water partition coefficient (Wildman–Crippen LogP) is 3.15. The van der Waals surface area contributed by atoms with Crippen LogP contribution in [-0.4, -0.2) is 12.9 Å². The first-order chi connectivity index (χ1) is 6.70. The fourth-order valence-electron chi connectivity index (χ4n) is 1.10. The fraction of sp³-hybridized carbons (Fsp3) is 0.500. The van der Waals surface area contributed by atoms with E-state index in [4.69, 9.17) is 9.47 Å². The van der Waals surface area contributed by atoms with Gasteiger partial charge in [0.25, 0.3) is 0 Å². The average molecular weight is 194 g/mol. The number of hydrogen-bond acceptors (Lipinski definition) is 2. The summed E-state index contributed by atoms with van der Waals surface area (Å²) in [7, 11) is 0. The Morgan fingerprint density at radius 3 is 2.21 bits per heavy atom. The molecule has 1 atom stereocenters. The maximum Gasteiger partial charge on any atom is 0.147 e. The van der Waals surface area contributed by atoms with E-state index in [0.29, 0.717) is 6.79 Å². The maximum atomic E-state index is 5.52. The highest BCUT2D eigenvalue weighted by Crippen LogP contribution is 2.15. The molecule has 0 aliphatic heterocycles. The van der Waals surface area contributed by atoms with E-state index in [2.05, 4.69) is 12.1 Å². The predicted molar refractivity (Wildman–Crippen MR) is 57.0 cm³/mol. The van der Waals surface area contributed by atoms with Gasteiger partial charge in [0.05, 0.1) is 12.2 Å². The lowest BCUT2D eigenvalue weighted by Gasteiger charge is -2.14. The zero-order valence-electron chi connectivity index (χ0n) is 9.07. The highest BCUT2D eigenvalue weighted by molar-refractivity contribution is 5.16. The van der Waals surface area contributed by atoms with E-state index in [0.717, 1.165) is 0 Å². The summed E-state index contributed by atoms with van der Waals surface area (Å²) in [5.74, 6) is 0. The molecule has 0 heterocycles. The van der Waals surface area contributed by atoms with Crippen LogP contribution in [0.5, 0.6) is 0 Å². The molecule has 78 valence electrons. The summed E-state index contributed by atoms with van der Waals surface area (Å²) < 4.78 is 10.8. The van der Waals surface area contributed by atoms with E-state index < -0.39 is 0 Å². The van der Waals surface area contributed by atoms with Crippen molar-refractivity contribution < 1.29 is 9.47 Å². The summed E-state index contributed by atoms with van der Waals surface area (Å²) >= 11 is 0. The summed E-state index contributed by atoms with van der Waals surface area (Å²) in [5, 5.41) is 0. The van der Waals surface area contributed by atoms with Crippen molar-refractivity contribution in [2.75, 3.05) is 6.79 Å². The molecular weight excluding hydrogens is 176 g/mol. The van der Waals surface area contributed by atoms with E-state index in [1.54, 1.807) is 0 Å². The molecule has 0 amide bonds. The van der Waals surface area contributed by atoms with Gasteiger partial charge in [-0.2, -0.15) is 0 Å². The third kappa shape index (κ3) is 3.90. The van der Waals surface area contributed by atoms with Crippen molar-refractivity contribution in [1.82, 2.24) is 0 Å². The van der Waals surface area contributed by atoms with Crippen molar-refractivity contribution in [1.29, 1.82) is 0 Å². The minimum Gasteiger partial charge on any atom is -0.353 e. The van der Waals surface area contributed by atoms with Crippen molar-refractivity contribution >= 4 is 0 Å². The molecule has 1 unspecified atom stereocenters. The molecule has 1 aromatic carbocycles. The van der Waals surface area contributed by atoms with Crippen molar-refractivity contribution in [3.05, 3.63) is 35.9 Å². The minimum absolute atomic E-state index is 0.0925. The molecule has 0 aliphatic rings. The van der Waals surface area contributed by atoms with Gasteiger partial charge in [-0.3, -0.25) is 0 Å². The summed E-state index contributed by atoms with van der Waals surface area (Å²) in [4.78, 5) is 0. The smallest absolute Gasteiger partial charge is 0.147 e. The Kier molecular flexibility index (Phi) is 4.63. The molecule has 0 fully saturated rings. The lowest BCUT2D eigenvalue weighted by Crippen LogP contribution is -2.09. The molecule has 0 radical (unpaired) electrons. The average Bonchev–Trinajstić information content (AvgIpc) is 2.18. The maximum absolute atomic E-state index is 5.52. The molecule has 2 heteroatoms. The second-order valence-corrected chi connectivity index (χ2v) is 3.55. The zero-order valence-corrected chi connectivity index (χ0v) is 9.07. The van der Waals surface area contributed by atoms with Gasteiger partial charge in [-0.1, -0.05) is 30.3 Å². The minimum atomic E-state index is 0.0925.